The molecule has 0 spiro atoms. The minimum atomic E-state index is -0.882. The summed E-state index contributed by atoms with van der Waals surface area (Å²) in [5.74, 6) is -1.94. The van der Waals surface area contributed by atoms with Gasteiger partial charge in [-0.15, -0.1) is 0 Å². The van der Waals surface area contributed by atoms with E-state index in [1.54, 1.807) is 15.6 Å². The number of amides is 1. The summed E-state index contributed by atoms with van der Waals surface area (Å²) in [6.45, 7) is 4.25. The minimum absolute atomic E-state index is 0.184. The smallest absolute Gasteiger partial charge is 0.308 e. The maximum absolute atomic E-state index is 13.1. The summed E-state index contributed by atoms with van der Waals surface area (Å²) in [6, 6.07) is 11.4. The molecule has 0 bridgehead atoms. The first-order chi connectivity index (χ1) is 13.0. The van der Waals surface area contributed by atoms with E-state index in [9.17, 15) is 14.7 Å². The van der Waals surface area contributed by atoms with E-state index >= 15 is 0 Å². The highest BCUT2D eigenvalue weighted by Gasteiger charge is 2.41. The van der Waals surface area contributed by atoms with Crippen LogP contribution in [0.5, 0.6) is 0 Å². The number of fused-ring (bicyclic) bond motifs is 1. The Morgan fingerprint density at radius 2 is 1.89 bits per heavy atom. The minimum Gasteiger partial charge on any atom is -0.481 e. The van der Waals surface area contributed by atoms with Crippen molar-refractivity contribution < 1.29 is 14.7 Å². The van der Waals surface area contributed by atoms with Gasteiger partial charge < -0.3 is 10.0 Å². The summed E-state index contributed by atoms with van der Waals surface area (Å²) < 4.78 is 1.65. The van der Waals surface area contributed by atoms with Crippen LogP contribution in [0.3, 0.4) is 0 Å². The molecule has 1 fully saturated rings. The van der Waals surface area contributed by atoms with Gasteiger partial charge >= 0.3 is 5.97 Å². The molecule has 0 saturated carbocycles. The van der Waals surface area contributed by atoms with Gasteiger partial charge in [0.2, 0.25) is 0 Å². The van der Waals surface area contributed by atoms with Crippen LogP contribution in [0.4, 0.5) is 0 Å². The van der Waals surface area contributed by atoms with Crippen molar-refractivity contribution in [3.05, 3.63) is 65.1 Å². The predicted molar refractivity (Wildman–Crippen MR) is 98.7 cm³/mol. The zero-order valence-electron chi connectivity index (χ0n) is 15.2. The SMILES string of the molecule is Cc1cc2ncc(C(=O)N3CC(C(=O)O)C(c4ccccc4)C3)c(C)n2n1. The normalized spacial score (nSPS) is 19.6. The molecule has 3 heterocycles. The second-order valence-electron chi connectivity index (χ2n) is 6.99. The zero-order valence-corrected chi connectivity index (χ0v) is 15.2. The molecule has 1 amide bonds. The first-order valence-electron chi connectivity index (χ1n) is 8.84. The molecule has 2 unspecified atom stereocenters. The maximum atomic E-state index is 13.1. The Morgan fingerprint density at radius 3 is 2.59 bits per heavy atom. The van der Waals surface area contributed by atoms with E-state index in [0.29, 0.717) is 23.4 Å². The van der Waals surface area contributed by atoms with E-state index in [1.807, 2.05) is 50.2 Å². The second-order valence-corrected chi connectivity index (χ2v) is 6.99. The fourth-order valence-electron chi connectivity index (χ4n) is 3.80. The Labute approximate surface area is 156 Å². The third-order valence-electron chi connectivity index (χ3n) is 5.23. The van der Waals surface area contributed by atoms with Crippen LogP contribution in [0, 0.1) is 19.8 Å². The van der Waals surface area contributed by atoms with Gasteiger partial charge in [0.15, 0.2) is 5.65 Å². The summed E-state index contributed by atoms with van der Waals surface area (Å²) in [6.07, 6.45) is 1.56. The van der Waals surface area contributed by atoms with Crippen LogP contribution in [0.1, 0.15) is 33.2 Å². The number of nitrogens with zero attached hydrogens (tertiary/aromatic N) is 4. The van der Waals surface area contributed by atoms with Crippen molar-refractivity contribution in [1.29, 1.82) is 0 Å². The van der Waals surface area contributed by atoms with Gasteiger partial charge in [-0.1, -0.05) is 30.3 Å². The Kier molecular flexibility index (Phi) is 4.14. The monoisotopic (exact) mass is 364 g/mol. The fourth-order valence-corrected chi connectivity index (χ4v) is 3.80. The molecule has 2 atom stereocenters. The lowest BCUT2D eigenvalue weighted by Gasteiger charge is -2.18. The van der Waals surface area contributed by atoms with Gasteiger partial charge in [0.1, 0.15) is 0 Å². The molecule has 4 rings (SSSR count). The molecule has 0 aliphatic carbocycles. The number of carboxylic acid groups (broad SMARTS) is 1. The molecule has 1 aromatic carbocycles. The molecule has 1 saturated heterocycles. The molecule has 7 heteroatoms. The number of rotatable bonds is 3. The summed E-state index contributed by atoms with van der Waals surface area (Å²) in [5.41, 5.74) is 3.60. The number of carbonyl (C=O) groups is 2. The quantitative estimate of drug-likeness (QED) is 0.770. The number of aliphatic carboxylic acids is 1. The molecule has 7 nitrogen and oxygen atoms in total. The third-order valence-corrected chi connectivity index (χ3v) is 5.23. The lowest BCUT2D eigenvalue weighted by Crippen LogP contribution is -2.31. The van der Waals surface area contributed by atoms with E-state index in [-0.39, 0.29) is 18.4 Å². The van der Waals surface area contributed by atoms with Gasteiger partial charge in [0.25, 0.3) is 5.91 Å². The Bertz CT molecular complexity index is 1030. The molecular formula is C20H20N4O3. The summed E-state index contributed by atoms with van der Waals surface area (Å²) in [5, 5.41) is 14.0. The van der Waals surface area contributed by atoms with Crippen LogP contribution in [-0.2, 0) is 4.79 Å². The van der Waals surface area contributed by atoms with Gasteiger partial charge in [-0.25, -0.2) is 9.50 Å². The van der Waals surface area contributed by atoms with Gasteiger partial charge in [-0.3, -0.25) is 9.59 Å². The number of likely N-dealkylation sites (tertiary alicyclic amines) is 1. The summed E-state index contributed by atoms with van der Waals surface area (Å²) in [4.78, 5) is 30.8. The highest BCUT2D eigenvalue weighted by atomic mass is 16.4. The molecule has 138 valence electrons. The summed E-state index contributed by atoms with van der Waals surface area (Å²) in [7, 11) is 0. The number of carboxylic acids is 1. The van der Waals surface area contributed by atoms with Crippen molar-refractivity contribution in [2.24, 2.45) is 5.92 Å². The van der Waals surface area contributed by atoms with Gasteiger partial charge in [-0.05, 0) is 19.4 Å². The first-order valence-corrected chi connectivity index (χ1v) is 8.84. The van der Waals surface area contributed by atoms with E-state index < -0.39 is 11.9 Å². The van der Waals surface area contributed by atoms with E-state index in [4.69, 9.17) is 0 Å². The molecule has 1 N–H and O–H groups in total. The standard InChI is InChI=1S/C20H20N4O3/c1-12-8-18-21-9-15(13(2)24(18)22-12)19(25)23-10-16(17(11-23)20(26)27)14-6-4-3-5-7-14/h3-9,16-17H,10-11H2,1-2H3,(H,26,27). The second kappa shape index (κ2) is 6.50. The number of carbonyl (C=O) groups excluding carboxylic acids is 1. The predicted octanol–water partition coefficient (Wildman–Crippen LogP) is 2.29. The van der Waals surface area contributed by atoms with Crippen LogP contribution in [0.15, 0.2) is 42.6 Å². The van der Waals surface area contributed by atoms with Crippen molar-refractivity contribution in [2.75, 3.05) is 13.1 Å². The lowest BCUT2D eigenvalue weighted by molar-refractivity contribution is -0.141. The Balaban J connectivity index is 1.66. The average molecular weight is 364 g/mol. The van der Waals surface area contributed by atoms with Crippen LogP contribution < -0.4 is 0 Å². The highest BCUT2D eigenvalue weighted by Crippen LogP contribution is 2.33. The number of hydrogen-bond acceptors (Lipinski definition) is 4. The van der Waals surface area contributed by atoms with Crippen LogP contribution in [-0.4, -0.2) is 49.6 Å². The number of hydrogen-bond donors (Lipinski definition) is 1. The van der Waals surface area contributed by atoms with Crippen LogP contribution >= 0.6 is 0 Å². The van der Waals surface area contributed by atoms with Crippen LogP contribution in [0.2, 0.25) is 0 Å². The third kappa shape index (κ3) is 2.95. The Hall–Kier alpha value is -3.22. The van der Waals surface area contributed by atoms with E-state index in [1.165, 1.54) is 0 Å². The molecule has 2 aromatic heterocycles. The molecule has 1 aliphatic heterocycles. The van der Waals surface area contributed by atoms with E-state index in [0.717, 1.165) is 11.3 Å². The largest absolute Gasteiger partial charge is 0.481 e. The summed E-state index contributed by atoms with van der Waals surface area (Å²) >= 11 is 0. The van der Waals surface area contributed by atoms with Gasteiger partial charge in [0, 0.05) is 31.3 Å². The fraction of sp³-hybridized carbons (Fsp3) is 0.300. The molecule has 27 heavy (non-hydrogen) atoms. The van der Waals surface area contributed by atoms with Crippen molar-refractivity contribution in [1.82, 2.24) is 19.5 Å². The molecular weight excluding hydrogens is 344 g/mol. The molecule has 1 aliphatic rings. The Morgan fingerprint density at radius 1 is 1.15 bits per heavy atom. The van der Waals surface area contributed by atoms with Gasteiger partial charge in [-0.2, -0.15) is 5.10 Å². The molecule has 0 radical (unpaired) electrons. The topological polar surface area (TPSA) is 87.8 Å². The number of benzene rings is 1. The number of aromatic nitrogens is 3. The van der Waals surface area contributed by atoms with Crippen molar-refractivity contribution >= 4 is 17.5 Å². The lowest BCUT2D eigenvalue weighted by atomic mass is 9.89. The maximum Gasteiger partial charge on any atom is 0.308 e. The average Bonchev–Trinajstić information content (AvgIpc) is 3.26. The first kappa shape index (κ1) is 17.2. The van der Waals surface area contributed by atoms with Crippen molar-refractivity contribution in [3.63, 3.8) is 0 Å². The molecule has 3 aromatic rings. The highest BCUT2D eigenvalue weighted by molar-refractivity contribution is 5.96. The van der Waals surface area contributed by atoms with Crippen LogP contribution in [0.25, 0.3) is 5.65 Å². The number of aryl methyl sites for hydroxylation is 2. The zero-order chi connectivity index (χ0) is 19.1. The van der Waals surface area contributed by atoms with Gasteiger partial charge in [0.05, 0.1) is 22.9 Å². The van der Waals surface area contributed by atoms with Crippen molar-refractivity contribution in [3.8, 4) is 0 Å². The van der Waals surface area contributed by atoms with Crippen molar-refractivity contribution in [2.45, 2.75) is 19.8 Å². The van der Waals surface area contributed by atoms with E-state index in [2.05, 4.69) is 10.1 Å².